The Morgan fingerprint density at radius 3 is 2.56 bits per heavy atom. The second-order valence-electron chi connectivity index (χ2n) is 10.6. The number of ether oxygens (including phenoxy) is 2. The van der Waals surface area contributed by atoms with Crippen LogP contribution in [0.2, 0.25) is 0 Å². The average molecular weight is 463 g/mol. The van der Waals surface area contributed by atoms with Crippen LogP contribution < -0.4 is 4.74 Å². The average Bonchev–Trinajstić information content (AvgIpc) is 3.72. The predicted molar refractivity (Wildman–Crippen MR) is 134 cm³/mol. The number of nitrogens with zero attached hydrogens (tertiary/aromatic N) is 2. The second kappa shape index (κ2) is 9.35. The summed E-state index contributed by atoms with van der Waals surface area (Å²) in [5.74, 6) is 1.85. The van der Waals surface area contributed by atoms with Crippen molar-refractivity contribution in [3.05, 3.63) is 65.7 Å². The Balaban J connectivity index is 1.49. The first-order valence-corrected chi connectivity index (χ1v) is 12.7. The van der Waals surface area contributed by atoms with E-state index in [2.05, 4.69) is 23.1 Å². The number of hydrogen-bond donors (Lipinski definition) is 0. The summed E-state index contributed by atoms with van der Waals surface area (Å²) in [7, 11) is 5.60. The number of benzene rings is 2. The molecule has 0 aromatic heterocycles. The largest absolute Gasteiger partial charge is 0.497 e. The van der Waals surface area contributed by atoms with Gasteiger partial charge in [-0.1, -0.05) is 30.3 Å². The summed E-state index contributed by atoms with van der Waals surface area (Å²) >= 11 is 0. The molecule has 5 heteroatoms. The van der Waals surface area contributed by atoms with Crippen molar-refractivity contribution in [1.82, 2.24) is 9.80 Å². The van der Waals surface area contributed by atoms with Crippen LogP contribution in [0.25, 0.3) is 0 Å². The van der Waals surface area contributed by atoms with E-state index in [1.54, 1.807) is 7.11 Å². The van der Waals surface area contributed by atoms with Gasteiger partial charge in [0.05, 0.1) is 12.7 Å². The van der Waals surface area contributed by atoms with Gasteiger partial charge in [0.25, 0.3) is 5.91 Å². The fourth-order valence-corrected chi connectivity index (χ4v) is 6.59. The van der Waals surface area contributed by atoms with Crippen LogP contribution in [0.1, 0.15) is 54.4 Å². The summed E-state index contributed by atoms with van der Waals surface area (Å²) in [5, 5.41) is 0. The van der Waals surface area contributed by atoms with Gasteiger partial charge in [-0.05, 0) is 80.8 Å². The quantitative estimate of drug-likeness (QED) is 0.595. The molecule has 5 nitrogen and oxygen atoms in total. The molecule has 2 aliphatic carbocycles. The summed E-state index contributed by atoms with van der Waals surface area (Å²) in [6.07, 6.45) is 6.56. The number of hydrogen-bond acceptors (Lipinski definition) is 4. The van der Waals surface area contributed by atoms with Crippen LogP contribution in [0, 0.1) is 5.92 Å². The maximum Gasteiger partial charge on any atom is 0.253 e. The molecule has 2 aromatic rings. The van der Waals surface area contributed by atoms with E-state index in [0.29, 0.717) is 0 Å². The van der Waals surface area contributed by atoms with Crippen molar-refractivity contribution >= 4 is 5.91 Å². The Labute approximate surface area is 204 Å². The van der Waals surface area contributed by atoms with E-state index in [1.165, 1.54) is 24.9 Å². The lowest BCUT2D eigenvalue weighted by molar-refractivity contribution is -0.153. The highest BCUT2D eigenvalue weighted by Crippen LogP contribution is 2.54. The van der Waals surface area contributed by atoms with E-state index in [4.69, 9.17) is 9.47 Å². The van der Waals surface area contributed by atoms with Crippen molar-refractivity contribution in [1.29, 1.82) is 0 Å². The SMILES string of the molecule is COc1cccc(C23CCN(CC4CC4)CC2(OC)CC[C@@H](N(C)C(=O)c2ccccc2)C3)c1. The van der Waals surface area contributed by atoms with Gasteiger partial charge in [-0.2, -0.15) is 0 Å². The van der Waals surface area contributed by atoms with Gasteiger partial charge in [0.15, 0.2) is 0 Å². The number of fused-ring (bicyclic) bond motifs is 1. The lowest BCUT2D eigenvalue weighted by atomic mass is 9.55. The zero-order valence-electron chi connectivity index (χ0n) is 20.8. The van der Waals surface area contributed by atoms with Gasteiger partial charge in [-0.3, -0.25) is 4.79 Å². The van der Waals surface area contributed by atoms with Crippen LogP contribution in [-0.4, -0.2) is 68.3 Å². The summed E-state index contributed by atoms with van der Waals surface area (Å²) in [4.78, 5) is 18.0. The molecule has 3 aliphatic rings. The molecule has 182 valence electrons. The highest BCUT2D eigenvalue weighted by molar-refractivity contribution is 5.94. The smallest absolute Gasteiger partial charge is 0.253 e. The first-order valence-electron chi connectivity index (χ1n) is 12.7. The maximum atomic E-state index is 13.3. The Hall–Kier alpha value is -2.37. The Kier molecular flexibility index (Phi) is 6.43. The molecule has 3 fully saturated rings. The Bertz CT molecular complexity index is 1010. The zero-order valence-corrected chi connectivity index (χ0v) is 20.8. The zero-order chi connectivity index (χ0) is 23.8. The molecule has 1 aliphatic heterocycles. The first-order chi connectivity index (χ1) is 16.5. The number of methoxy groups -OCH3 is 2. The fraction of sp³-hybridized carbons (Fsp3) is 0.552. The normalized spacial score (nSPS) is 29.3. The lowest BCUT2D eigenvalue weighted by Gasteiger charge is -2.60. The van der Waals surface area contributed by atoms with E-state index in [1.807, 2.05) is 55.5 Å². The number of amides is 1. The first kappa shape index (κ1) is 23.4. The number of rotatable bonds is 7. The minimum Gasteiger partial charge on any atom is -0.497 e. The van der Waals surface area contributed by atoms with E-state index in [0.717, 1.165) is 56.0 Å². The van der Waals surface area contributed by atoms with Crippen molar-refractivity contribution in [2.45, 2.75) is 55.6 Å². The summed E-state index contributed by atoms with van der Waals surface area (Å²) in [6, 6.07) is 18.4. The minimum absolute atomic E-state index is 0.0995. The molecule has 3 atom stereocenters. The summed E-state index contributed by atoms with van der Waals surface area (Å²) in [6.45, 7) is 3.22. The molecule has 34 heavy (non-hydrogen) atoms. The van der Waals surface area contributed by atoms with Gasteiger partial charge in [-0.15, -0.1) is 0 Å². The Morgan fingerprint density at radius 2 is 1.85 bits per heavy atom. The monoisotopic (exact) mass is 462 g/mol. The Morgan fingerprint density at radius 1 is 1.06 bits per heavy atom. The van der Waals surface area contributed by atoms with Crippen molar-refractivity contribution in [2.75, 3.05) is 40.9 Å². The molecule has 0 N–H and O–H groups in total. The van der Waals surface area contributed by atoms with Crippen LogP contribution in [-0.2, 0) is 10.2 Å². The number of piperidine rings is 1. The summed E-state index contributed by atoms with van der Waals surface area (Å²) < 4.78 is 12.2. The molecule has 0 bridgehead atoms. The van der Waals surface area contributed by atoms with Gasteiger partial charge in [0, 0.05) is 44.3 Å². The van der Waals surface area contributed by atoms with Crippen molar-refractivity contribution in [2.24, 2.45) is 5.92 Å². The molecule has 2 aromatic carbocycles. The molecule has 2 unspecified atom stereocenters. The number of carbonyl (C=O) groups is 1. The van der Waals surface area contributed by atoms with E-state index >= 15 is 0 Å². The van der Waals surface area contributed by atoms with E-state index in [9.17, 15) is 4.79 Å². The van der Waals surface area contributed by atoms with Gasteiger partial charge in [0.2, 0.25) is 0 Å². The van der Waals surface area contributed by atoms with Gasteiger partial charge in [0.1, 0.15) is 5.75 Å². The van der Waals surface area contributed by atoms with Gasteiger partial charge in [-0.25, -0.2) is 0 Å². The highest BCUT2D eigenvalue weighted by atomic mass is 16.5. The van der Waals surface area contributed by atoms with Crippen LogP contribution in [0.15, 0.2) is 54.6 Å². The van der Waals surface area contributed by atoms with Crippen molar-refractivity contribution in [3.63, 3.8) is 0 Å². The second-order valence-corrected chi connectivity index (χ2v) is 10.6. The molecule has 1 saturated heterocycles. The summed E-state index contributed by atoms with van der Waals surface area (Å²) in [5.41, 5.74) is 1.61. The topological polar surface area (TPSA) is 42.0 Å². The standard InChI is InChI=1S/C29H38N2O3/c1-30(27(32)23-8-5-4-6-9-23)25-14-15-29(34-3)21-31(20-22-12-13-22)17-16-28(29,19-25)24-10-7-11-26(18-24)33-2/h4-11,18,22,25H,12-17,19-21H2,1-3H3/t25-,28?,29?/m1/s1. The van der Waals surface area contributed by atoms with E-state index in [-0.39, 0.29) is 23.0 Å². The van der Waals surface area contributed by atoms with Crippen LogP contribution in [0.4, 0.5) is 0 Å². The van der Waals surface area contributed by atoms with Gasteiger partial charge < -0.3 is 19.3 Å². The molecular weight excluding hydrogens is 424 g/mol. The maximum absolute atomic E-state index is 13.3. The molecule has 0 radical (unpaired) electrons. The highest BCUT2D eigenvalue weighted by Gasteiger charge is 2.59. The fourth-order valence-electron chi connectivity index (χ4n) is 6.59. The molecule has 0 spiro atoms. The third kappa shape index (κ3) is 4.14. The number of carbonyl (C=O) groups excluding carboxylic acids is 1. The van der Waals surface area contributed by atoms with Gasteiger partial charge >= 0.3 is 0 Å². The van der Waals surface area contributed by atoms with Crippen molar-refractivity contribution in [3.8, 4) is 5.75 Å². The van der Waals surface area contributed by atoms with Crippen LogP contribution in [0.5, 0.6) is 5.75 Å². The third-order valence-electron chi connectivity index (χ3n) is 8.79. The van der Waals surface area contributed by atoms with Crippen LogP contribution >= 0.6 is 0 Å². The molecule has 1 heterocycles. The number of likely N-dealkylation sites (tertiary alicyclic amines) is 1. The van der Waals surface area contributed by atoms with E-state index < -0.39 is 0 Å². The lowest BCUT2D eigenvalue weighted by Crippen LogP contribution is -2.68. The van der Waals surface area contributed by atoms with Crippen LogP contribution in [0.3, 0.4) is 0 Å². The molecule has 2 saturated carbocycles. The predicted octanol–water partition coefficient (Wildman–Crippen LogP) is 4.76. The molecule has 5 rings (SSSR count). The van der Waals surface area contributed by atoms with Crippen molar-refractivity contribution < 1.29 is 14.3 Å². The minimum atomic E-state index is -0.264. The molecular formula is C29H38N2O3. The molecule has 1 amide bonds. The third-order valence-corrected chi connectivity index (χ3v) is 8.79.